The van der Waals surface area contributed by atoms with Crippen molar-refractivity contribution in [2.45, 2.75) is 18.4 Å². The van der Waals surface area contributed by atoms with Gasteiger partial charge in [-0.1, -0.05) is 12.1 Å². The molecular weight excluding hydrogens is 311 g/mol. The van der Waals surface area contributed by atoms with Crippen LogP contribution in [0.2, 0.25) is 0 Å². The van der Waals surface area contributed by atoms with Gasteiger partial charge in [0.1, 0.15) is 5.82 Å². The lowest BCUT2D eigenvalue weighted by molar-refractivity contribution is -0.118. The Hall–Kier alpha value is -1.56. The van der Waals surface area contributed by atoms with E-state index in [2.05, 4.69) is 10.3 Å². The molecule has 2 aromatic rings. The molecule has 0 atom stereocenters. The number of aryl methyl sites for hydroxylation is 1. The minimum absolute atomic E-state index is 0. The fourth-order valence-electron chi connectivity index (χ4n) is 2.00. The molecule has 1 aromatic heterocycles. The van der Waals surface area contributed by atoms with Crippen molar-refractivity contribution >= 4 is 36.4 Å². The summed E-state index contributed by atoms with van der Waals surface area (Å²) in [5.41, 5.74) is 6.93. The molecule has 0 saturated heterocycles. The van der Waals surface area contributed by atoms with E-state index in [9.17, 15) is 4.79 Å². The predicted octanol–water partition coefficient (Wildman–Crippen LogP) is 2.36. The van der Waals surface area contributed by atoms with Gasteiger partial charge in [0.2, 0.25) is 5.91 Å². The Morgan fingerprint density at radius 3 is 2.67 bits per heavy atom. The normalized spacial score (nSPS) is 14.6. The molecule has 0 unspecified atom stereocenters. The molecule has 1 heterocycles. The number of carbonyl (C=O) groups is 1. The molecule has 0 spiro atoms. The fraction of sp³-hybridized carbons (Fsp3) is 0.286. The Kier molecular flexibility index (Phi) is 5.39. The summed E-state index contributed by atoms with van der Waals surface area (Å²) < 4.78 is 1.94. The van der Waals surface area contributed by atoms with Gasteiger partial charge >= 0.3 is 0 Å². The third kappa shape index (κ3) is 3.56. The Morgan fingerprint density at radius 1 is 1.38 bits per heavy atom. The highest BCUT2D eigenvalue weighted by atomic mass is 35.5. The molecule has 0 aliphatic heterocycles. The summed E-state index contributed by atoms with van der Waals surface area (Å²) in [6.07, 6.45) is 5.16. The van der Waals surface area contributed by atoms with Crippen LogP contribution in [-0.2, 0) is 11.8 Å². The van der Waals surface area contributed by atoms with E-state index in [4.69, 9.17) is 5.73 Å². The molecule has 1 aliphatic carbocycles. The zero-order valence-corrected chi connectivity index (χ0v) is 13.2. The Bertz CT molecular complexity index is 637. The largest absolute Gasteiger partial charge is 0.334 e. The van der Waals surface area contributed by atoms with Gasteiger partial charge in [-0.3, -0.25) is 4.79 Å². The molecule has 0 radical (unpaired) electrons. The minimum Gasteiger partial charge on any atom is -0.334 e. The summed E-state index contributed by atoms with van der Waals surface area (Å²) in [7, 11) is 1.94. The van der Waals surface area contributed by atoms with Crippen molar-refractivity contribution in [2.75, 3.05) is 5.32 Å². The van der Waals surface area contributed by atoms with Gasteiger partial charge in [-0.05, 0) is 25.0 Å². The number of halogens is 2. The van der Waals surface area contributed by atoms with Crippen LogP contribution in [0.1, 0.15) is 12.8 Å². The SMILES string of the molecule is Cl.Cl.Cn1ccnc1-c1cccc(NC(=O)C2(N)CC2)c1. The van der Waals surface area contributed by atoms with Crippen molar-refractivity contribution < 1.29 is 4.79 Å². The van der Waals surface area contributed by atoms with Crippen LogP contribution < -0.4 is 11.1 Å². The van der Waals surface area contributed by atoms with E-state index in [-0.39, 0.29) is 30.7 Å². The first kappa shape index (κ1) is 17.5. The molecule has 7 heteroatoms. The topological polar surface area (TPSA) is 72.9 Å². The fourth-order valence-corrected chi connectivity index (χ4v) is 2.00. The molecule has 1 saturated carbocycles. The van der Waals surface area contributed by atoms with Crippen LogP contribution in [0.15, 0.2) is 36.7 Å². The third-order valence-electron chi connectivity index (χ3n) is 3.44. The maximum absolute atomic E-state index is 11.9. The van der Waals surface area contributed by atoms with Crippen molar-refractivity contribution in [3.8, 4) is 11.4 Å². The van der Waals surface area contributed by atoms with Crippen molar-refractivity contribution in [3.05, 3.63) is 36.7 Å². The maximum atomic E-state index is 11.9. The van der Waals surface area contributed by atoms with Crippen LogP contribution in [0.5, 0.6) is 0 Å². The monoisotopic (exact) mass is 328 g/mol. The molecular formula is C14H18Cl2N4O. The van der Waals surface area contributed by atoms with Crippen molar-refractivity contribution in [1.82, 2.24) is 9.55 Å². The van der Waals surface area contributed by atoms with Crippen molar-refractivity contribution in [1.29, 1.82) is 0 Å². The Balaban J connectivity index is 0.00000110. The van der Waals surface area contributed by atoms with Crippen LogP contribution in [0.4, 0.5) is 5.69 Å². The molecule has 5 nitrogen and oxygen atoms in total. The van der Waals surface area contributed by atoms with E-state index >= 15 is 0 Å². The first-order valence-electron chi connectivity index (χ1n) is 6.27. The summed E-state index contributed by atoms with van der Waals surface area (Å²) in [6, 6.07) is 7.63. The number of nitrogens with one attached hydrogen (secondary N) is 1. The molecule has 0 bridgehead atoms. The second kappa shape index (κ2) is 6.47. The number of nitrogens with two attached hydrogens (primary N) is 1. The number of hydrogen-bond donors (Lipinski definition) is 2. The molecule has 3 rings (SSSR count). The average Bonchev–Trinajstić information content (AvgIpc) is 3.00. The van der Waals surface area contributed by atoms with E-state index < -0.39 is 5.54 Å². The lowest BCUT2D eigenvalue weighted by Gasteiger charge is -2.11. The van der Waals surface area contributed by atoms with Crippen LogP contribution in [0, 0.1) is 0 Å². The molecule has 1 amide bonds. The number of anilines is 1. The number of nitrogens with zero attached hydrogens (tertiary/aromatic N) is 2. The minimum atomic E-state index is -0.654. The van der Waals surface area contributed by atoms with Crippen molar-refractivity contribution in [2.24, 2.45) is 12.8 Å². The Morgan fingerprint density at radius 2 is 2.10 bits per heavy atom. The van der Waals surface area contributed by atoms with Gasteiger partial charge in [-0.2, -0.15) is 0 Å². The van der Waals surface area contributed by atoms with Gasteiger partial charge in [0, 0.05) is 30.7 Å². The van der Waals surface area contributed by atoms with Gasteiger partial charge in [-0.25, -0.2) is 4.98 Å². The van der Waals surface area contributed by atoms with Gasteiger partial charge in [0.05, 0.1) is 5.54 Å². The molecule has 1 aliphatic rings. The quantitative estimate of drug-likeness (QED) is 0.908. The second-order valence-electron chi connectivity index (χ2n) is 5.05. The van der Waals surface area contributed by atoms with E-state index in [0.717, 1.165) is 29.9 Å². The standard InChI is InChI=1S/C14H16N4O.2ClH/c1-18-8-7-16-12(18)10-3-2-4-11(9-10)17-13(19)14(15)5-6-14;;/h2-4,7-9H,5-6,15H2,1H3,(H,17,19);2*1H. The van der Waals surface area contributed by atoms with Gasteiger partial charge < -0.3 is 15.6 Å². The zero-order valence-electron chi connectivity index (χ0n) is 11.6. The third-order valence-corrected chi connectivity index (χ3v) is 3.44. The van der Waals surface area contributed by atoms with E-state index in [1.165, 1.54) is 0 Å². The van der Waals surface area contributed by atoms with E-state index in [1.807, 2.05) is 42.1 Å². The summed E-state index contributed by atoms with van der Waals surface area (Å²) >= 11 is 0. The predicted molar refractivity (Wildman–Crippen MR) is 87.9 cm³/mol. The first-order chi connectivity index (χ1) is 9.08. The highest BCUT2D eigenvalue weighted by Crippen LogP contribution is 2.33. The van der Waals surface area contributed by atoms with Crippen LogP contribution in [-0.4, -0.2) is 21.0 Å². The lowest BCUT2D eigenvalue weighted by atomic mass is 10.1. The number of amides is 1. The second-order valence-corrected chi connectivity index (χ2v) is 5.05. The van der Waals surface area contributed by atoms with Crippen LogP contribution >= 0.6 is 24.8 Å². The summed E-state index contributed by atoms with van der Waals surface area (Å²) in [5.74, 6) is 0.759. The van der Waals surface area contributed by atoms with E-state index in [1.54, 1.807) is 6.20 Å². The number of imidazole rings is 1. The lowest BCUT2D eigenvalue weighted by Crippen LogP contribution is -2.37. The highest BCUT2D eigenvalue weighted by Gasteiger charge is 2.45. The van der Waals surface area contributed by atoms with Gasteiger partial charge in [0.15, 0.2) is 0 Å². The smallest absolute Gasteiger partial charge is 0.244 e. The summed E-state index contributed by atoms with van der Waals surface area (Å²) in [4.78, 5) is 16.2. The maximum Gasteiger partial charge on any atom is 0.244 e. The molecule has 21 heavy (non-hydrogen) atoms. The van der Waals surface area contributed by atoms with Gasteiger partial charge in [-0.15, -0.1) is 24.8 Å². The average molecular weight is 329 g/mol. The van der Waals surface area contributed by atoms with E-state index in [0.29, 0.717) is 0 Å². The number of aromatic nitrogens is 2. The summed E-state index contributed by atoms with van der Waals surface area (Å²) in [5, 5.41) is 2.87. The zero-order chi connectivity index (χ0) is 13.5. The number of benzene rings is 1. The molecule has 114 valence electrons. The first-order valence-corrected chi connectivity index (χ1v) is 6.27. The number of rotatable bonds is 3. The number of carbonyl (C=O) groups excluding carboxylic acids is 1. The molecule has 1 aromatic carbocycles. The van der Waals surface area contributed by atoms with Crippen molar-refractivity contribution in [3.63, 3.8) is 0 Å². The van der Waals surface area contributed by atoms with Crippen LogP contribution in [0.25, 0.3) is 11.4 Å². The molecule has 3 N–H and O–H groups in total. The van der Waals surface area contributed by atoms with Crippen LogP contribution in [0.3, 0.4) is 0 Å². The molecule has 1 fully saturated rings. The summed E-state index contributed by atoms with van der Waals surface area (Å²) in [6.45, 7) is 0. The Labute approximate surface area is 135 Å². The highest BCUT2D eigenvalue weighted by molar-refractivity contribution is 6.00. The van der Waals surface area contributed by atoms with Gasteiger partial charge in [0.25, 0.3) is 0 Å². The number of hydrogen-bond acceptors (Lipinski definition) is 3.